The average molecular weight is 351 g/mol. The van der Waals surface area contributed by atoms with Crippen LogP contribution in [0.1, 0.15) is 21.7 Å². The van der Waals surface area contributed by atoms with Crippen LogP contribution in [0.15, 0.2) is 30.6 Å². The Bertz CT molecular complexity index is 773. The quantitative estimate of drug-likeness (QED) is 0.642. The summed E-state index contributed by atoms with van der Waals surface area (Å²) < 4.78 is 76.1. The summed E-state index contributed by atoms with van der Waals surface area (Å²) in [6, 6.07) is 1.59. The van der Waals surface area contributed by atoms with Gasteiger partial charge >= 0.3 is 12.4 Å². The molecule has 2 rings (SSSR count). The van der Waals surface area contributed by atoms with Gasteiger partial charge in [-0.05, 0) is 18.2 Å². The number of carbonyl (C=O) groups excluding carboxylic acids is 1. The number of hydrogen-bond donors (Lipinski definition) is 2. The predicted octanol–water partition coefficient (Wildman–Crippen LogP) is 3.47. The molecular formula is C13H7F6N3O2. The van der Waals surface area contributed by atoms with Crippen molar-refractivity contribution in [2.45, 2.75) is 12.4 Å². The molecule has 128 valence electrons. The van der Waals surface area contributed by atoms with Crippen LogP contribution in [-0.4, -0.2) is 21.0 Å². The van der Waals surface area contributed by atoms with Crippen molar-refractivity contribution in [3.63, 3.8) is 0 Å². The van der Waals surface area contributed by atoms with E-state index in [-0.39, 0.29) is 0 Å². The normalized spacial score (nSPS) is 12.1. The van der Waals surface area contributed by atoms with Gasteiger partial charge in [0.1, 0.15) is 5.75 Å². The van der Waals surface area contributed by atoms with E-state index in [0.717, 1.165) is 6.20 Å². The Morgan fingerprint density at radius 3 is 2.21 bits per heavy atom. The molecule has 2 aromatic rings. The van der Waals surface area contributed by atoms with E-state index in [1.807, 2.05) is 0 Å². The zero-order valence-corrected chi connectivity index (χ0v) is 11.4. The lowest BCUT2D eigenvalue weighted by molar-refractivity contribution is -0.141. The number of carbonyl (C=O) groups is 1. The van der Waals surface area contributed by atoms with Crippen molar-refractivity contribution in [1.29, 1.82) is 0 Å². The molecule has 1 amide bonds. The van der Waals surface area contributed by atoms with Crippen molar-refractivity contribution in [1.82, 2.24) is 9.97 Å². The number of phenols is 1. The molecule has 11 heteroatoms. The first-order valence-corrected chi connectivity index (χ1v) is 6.10. The smallest absolute Gasteiger partial charge is 0.435 e. The molecule has 1 heterocycles. The maximum Gasteiger partial charge on any atom is 0.435 e. The maximum atomic E-state index is 12.8. The summed E-state index contributed by atoms with van der Waals surface area (Å²) in [5.41, 5.74) is -4.66. The van der Waals surface area contributed by atoms with E-state index < -0.39 is 46.6 Å². The number of nitrogens with zero attached hydrogens (tertiary/aromatic N) is 2. The molecule has 24 heavy (non-hydrogen) atoms. The zero-order chi connectivity index (χ0) is 18.1. The van der Waals surface area contributed by atoms with Crippen molar-refractivity contribution in [3.8, 4) is 5.75 Å². The van der Waals surface area contributed by atoms with E-state index in [2.05, 4.69) is 9.97 Å². The molecule has 2 N–H and O–H groups in total. The number of hydrogen-bond acceptors (Lipinski definition) is 4. The van der Waals surface area contributed by atoms with Crippen LogP contribution in [0.5, 0.6) is 5.75 Å². The van der Waals surface area contributed by atoms with Crippen LogP contribution < -0.4 is 5.32 Å². The Hall–Kier alpha value is -2.85. The minimum atomic E-state index is -4.99. The second-order valence-corrected chi connectivity index (χ2v) is 4.44. The Balaban J connectivity index is 2.38. The number of phenolic OH excluding ortho intramolecular Hbond substituents is 1. The lowest BCUT2D eigenvalue weighted by Gasteiger charge is -2.13. The van der Waals surface area contributed by atoms with Crippen LogP contribution in [0.25, 0.3) is 0 Å². The molecule has 0 unspecified atom stereocenters. The van der Waals surface area contributed by atoms with Crippen LogP contribution in [-0.2, 0) is 12.4 Å². The largest absolute Gasteiger partial charge is 0.506 e. The molecule has 0 fully saturated rings. The number of aromatic hydroxyl groups is 1. The predicted molar refractivity (Wildman–Crippen MR) is 68.1 cm³/mol. The fourth-order valence-corrected chi connectivity index (χ4v) is 1.71. The fraction of sp³-hybridized carbons (Fsp3) is 0.154. The van der Waals surface area contributed by atoms with E-state index in [0.29, 0.717) is 24.4 Å². The molecule has 1 aromatic carbocycles. The van der Waals surface area contributed by atoms with Crippen molar-refractivity contribution >= 4 is 11.6 Å². The molecule has 0 atom stereocenters. The number of nitrogens with one attached hydrogen (secondary N) is 1. The summed E-state index contributed by atoms with van der Waals surface area (Å²) >= 11 is 0. The van der Waals surface area contributed by atoms with E-state index in [9.17, 15) is 36.2 Å². The first kappa shape index (κ1) is 17.5. The van der Waals surface area contributed by atoms with Gasteiger partial charge in [0.25, 0.3) is 5.91 Å². The molecule has 0 bridgehead atoms. The first-order valence-electron chi connectivity index (χ1n) is 6.10. The summed E-state index contributed by atoms with van der Waals surface area (Å²) in [6.07, 6.45) is -8.23. The summed E-state index contributed by atoms with van der Waals surface area (Å²) in [7, 11) is 0. The maximum absolute atomic E-state index is 12.8. The minimum Gasteiger partial charge on any atom is -0.506 e. The van der Waals surface area contributed by atoms with Gasteiger partial charge in [-0.25, -0.2) is 9.97 Å². The Kier molecular flexibility index (Phi) is 4.36. The minimum absolute atomic E-state index is 0.386. The molecular weight excluding hydrogens is 344 g/mol. The van der Waals surface area contributed by atoms with Gasteiger partial charge in [0.05, 0.1) is 11.3 Å². The third-order valence-electron chi connectivity index (χ3n) is 2.75. The monoisotopic (exact) mass is 351 g/mol. The number of rotatable bonds is 2. The van der Waals surface area contributed by atoms with Gasteiger partial charge in [-0.15, -0.1) is 0 Å². The zero-order valence-electron chi connectivity index (χ0n) is 11.4. The SMILES string of the molecule is O=C(Nc1cc(C(F)(F)F)ccc1O)c1nccnc1C(F)(F)F. The van der Waals surface area contributed by atoms with Crippen LogP contribution in [0.3, 0.4) is 0 Å². The van der Waals surface area contributed by atoms with E-state index in [1.54, 1.807) is 5.32 Å². The first-order chi connectivity index (χ1) is 11.0. The molecule has 0 radical (unpaired) electrons. The number of benzene rings is 1. The van der Waals surface area contributed by atoms with Crippen molar-refractivity contribution in [2.24, 2.45) is 0 Å². The number of amides is 1. The third-order valence-corrected chi connectivity index (χ3v) is 2.75. The van der Waals surface area contributed by atoms with E-state index in [1.165, 1.54) is 0 Å². The highest BCUT2D eigenvalue weighted by atomic mass is 19.4. The number of aromatic nitrogens is 2. The molecule has 0 aliphatic rings. The van der Waals surface area contributed by atoms with Gasteiger partial charge in [-0.1, -0.05) is 0 Å². The highest BCUT2D eigenvalue weighted by Gasteiger charge is 2.38. The lowest BCUT2D eigenvalue weighted by Crippen LogP contribution is -2.22. The molecule has 5 nitrogen and oxygen atoms in total. The summed E-state index contributed by atoms with van der Waals surface area (Å²) in [5, 5.41) is 11.2. The highest BCUT2D eigenvalue weighted by molar-refractivity contribution is 6.04. The third kappa shape index (κ3) is 3.73. The standard InChI is InChI=1S/C13H7F6N3O2/c14-12(15,16)6-1-2-8(23)7(5-6)22-11(24)9-10(13(17,18)19)21-4-3-20-9/h1-5,23H,(H,22,24). The Morgan fingerprint density at radius 2 is 1.62 bits per heavy atom. The summed E-state index contributed by atoms with van der Waals surface area (Å²) in [5.74, 6) is -2.22. The van der Waals surface area contributed by atoms with Crippen LogP contribution in [0.4, 0.5) is 32.0 Å². The van der Waals surface area contributed by atoms with Crippen LogP contribution >= 0.6 is 0 Å². The second kappa shape index (κ2) is 5.98. The van der Waals surface area contributed by atoms with Crippen LogP contribution in [0, 0.1) is 0 Å². The van der Waals surface area contributed by atoms with E-state index in [4.69, 9.17) is 0 Å². The highest BCUT2D eigenvalue weighted by Crippen LogP contribution is 2.35. The van der Waals surface area contributed by atoms with Crippen molar-refractivity contribution in [3.05, 3.63) is 47.5 Å². The van der Waals surface area contributed by atoms with Gasteiger partial charge in [0.15, 0.2) is 11.4 Å². The van der Waals surface area contributed by atoms with Crippen LogP contribution in [0.2, 0.25) is 0 Å². The van der Waals surface area contributed by atoms with Crippen molar-refractivity contribution in [2.75, 3.05) is 5.32 Å². The second-order valence-electron chi connectivity index (χ2n) is 4.44. The average Bonchev–Trinajstić information content (AvgIpc) is 2.47. The molecule has 0 spiro atoms. The number of anilines is 1. The van der Waals surface area contributed by atoms with Gasteiger partial charge in [-0.2, -0.15) is 26.3 Å². The number of halogens is 6. The summed E-state index contributed by atoms with van der Waals surface area (Å²) in [4.78, 5) is 18.1. The molecule has 0 aliphatic heterocycles. The Morgan fingerprint density at radius 1 is 1.00 bits per heavy atom. The molecule has 0 saturated carbocycles. The van der Waals surface area contributed by atoms with Crippen molar-refractivity contribution < 1.29 is 36.2 Å². The van der Waals surface area contributed by atoms with E-state index >= 15 is 0 Å². The Labute approximate surface area is 130 Å². The molecule has 1 aromatic heterocycles. The van der Waals surface area contributed by atoms with Gasteiger partial charge in [0.2, 0.25) is 0 Å². The molecule has 0 saturated heterocycles. The lowest BCUT2D eigenvalue weighted by atomic mass is 10.1. The van der Waals surface area contributed by atoms with Gasteiger partial charge in [-0.3, -0.25) is 4.79 Å². The topological polar surface area (TPSA) is 75.1 Å². The summed E-state index contributed by atoms with van der Waals surface area (Å²) in [6.45, 7) is 0. The van der Waals surface area contributed by atoms with Gasteiger partial charge in [0, 0.05) is 12.4 Å². The fourth-order valence-electron chi connectivity index (χ4n) is 1.71. The number of alkyl halides is 6. The van der Waals surface area contributed by atoms with Gasteiger partial charge < -0.3 is 10.4 Å². The molecule has 0 aliphatic carbocycles.